The molecule has 1 aliphatic heterocycles. The quantitative estimate of drug-likeness (QED) is 0.113. The summed E-state index contributed by atoms with van der Waals surface area (Å²) in [4.78, 5) is 19.5. The maximum absolute atomic E-state index is 13.5. The second-order valence-electron chi connectivity index (χ2n) is 16.6. The fraction of sp³-hybridized carbons (Fsp3) is 0.500. The lowest BCUT2D eigenvalue weighted by Gasteiger charge is -2.32. The summed E-state index contributed by atoms with van der Waals surface area (Å²) in [5.74, 6) is 0.173. The van der Waals surface area contributed by atoms with Gasteiger partial charge in [-0.15, -0.1) is 0 Å². The molecule has 0 unspecified atom stereocenters. The number of hydrogen-bond acceptors (Lipinski definition) is 10. The Bertz CT molecular complexity index is 1980. The predicted octanol–water partition coefficient (Wildman–Crippen LogP) is 6.84. The summed E-state index contributed by atoms with van der Waals surface area (Å²) in [5, 5.41) is 15.6. The first kappa shape index (κ1) is 40.2. The molecule has 1 atom stereocenters. The average Bonchev–Trinajstić information content (AvgIpc) is 3.55. The van der Waals surface area contributed by atoms with Crippen LogP contribution in [0.15, 0.2) is 55.0 Å². The van der Waals surface area contributed by atoms with Crippen LogP contribution in [0.5, 0.6) is 5.75 Å². The maximum atomic E-state index is 13.5. The van der Waals surface area contributed by atoms with Crippen molar-refractivity contribution in [2.24, 2.45) is 0 Å². The van der Waals surface area contributed by atoms with E-state index in [4.69, 9.17) is 40.2 Å². The Balaban J connectivity index is 1.48. The van der Waals surface area contributed by atoms with Crippen LogP contribution in [0.1, 0.15) is 91.5 Å². The van der Waals surface area contributed by atoms with Crippen LogP contribution >= 0.6 is 11.6 Å². The Morgan fingerprint density at radius 3 is 2.36 bits per heavy atom. The fourth-order valence-corrected chi connectivity index (χ4v) is 6.09. The van der Waals surface area contributed by atoms with Gasteiger partial charge in [-0.3, -0.25) is 19.4 Å². The van der Waals surface area contributed by atoms with Gasteiger partial charge in [0.1, 0.15) is 30.1 Å². The third-order valence-electron chi connectivity index (χ3n) is 9.40. The van der Waals surface area contributed by atoms with Gasteiger partial charge in [0.05, 0.1) is 47.2 Å². The van der Waals surface area contributed by atoms with Gasteiger partial charge in [0.15, 0.2) is 0 Å². The van der Waals surface area contributed by atoms with E-state index in [9.17, 15) is 10.1 Å². The van der Waals surface area contributed by atoms with E-state index in [-0.39, 0.29) is 19.2 Å². The number of fused-ring (bicyclic) bond motifs is 1. The predicted molar refractivity (Wildman–Crippen MR) is 206 cm³/mol. The van der Waals surface area contributed by atoms with Crippen LogP contribution in [0.25, 0.3) is 10.9 Å². The molecule has 13 heteroatoms. The summed E-state index contributed by atoms with van der Waals surface area (Å²) >= 11 is 7.04. The molecule has 53 heavy (non-hydrogen) atoms. The molecule has 3 heterocycles. The Labute approximate surface area is 318 Å². The number of esters is 1. The van der Waals surface area contributed by atoms with Crippen molar-refractivity contribution in [1.82, 2.24) is 19.7 Å². The Kier molecular flexibility index (Phi) is 11.7. The van der Waals surface area contributed by atoms with Crippen molar-refractivity contribution in [1.29, 1.82) is 5.26 Å². The number of pyridine rings is 1. The molecule has 2 aromatic heterocycles. The molecule has 11 nitrogen and oxygen atoms in total. The number of carbonyl (C=O) groups excluding carboxylic acids is 1. The Hall–Kier alpha value is -3.99. The molecule has 1 aliphatic rings. The van der Waals surface area contributed by atoms with Gasteiger partial charge in [-0.05, 0) is 112 Å². The van der Waals surface area contributed by atoms with Crippen molar-refractivity contribution in [2.45, 2.75) is 117 Å². The number of rotatable bonds is 12. The van der Waals surface area contributed by atoms with Crippen molar-refractivity contribution in [3.63, 3.8) is 0 Å². The minimum Gasteiger partial charge on any atom is -0.489 e. The van der Waals surface area contributed by atoms with E-state index >= 15 is 0 Å². The number of likely N-dealkylation sites (N-methyl/N-ethyl adjacent to an activating group) is 1. The van der Waals surface area contributed by atoms with Gasteiger partial charge in [0.25, 0.3) is 0 Å². The zero-order valence-corrected chi connectivity index (χ0v) is 33.5. The lowest BCUT2D eigenvalue weighted by Crippen LogP contribution is -2.46. The molecule has 1 fully saturated rings. The second-order valence-corrected chi connectivity index (χ2v) is 17.0. The Morgan fingerprint density at radius 2 is 1.72 bits per heavy atom. The smallest absolute Gasteiger partial charge is 0.489 e. The molecule has 0 saturated carbocycles. The van der Waals surface area contributed by atoms with E-state index in [1.807, 2.05) is 122 Å². The SMILES string of the molecule is CN(Cc1cc(Cl)c(Cn2ncc3c(B4OC(C)(C)C(C)(C)O4)cccc32)cc1OCc1cncc(C#N)c1)[C@@H](COC(C)(C)C)C(=O)OC(C)(C)C. The first-order valence-corrected chi connectivity index (χ1v) is 18.2. The molecule has 4 aromatic rings. The van der Waals surface area contributed by atoms with Crippen molar-refractivity contribution in [3.8, 4) is 11.8 Å². The molecule has 2 aromatic carbocycles. The topological polar surface area (TPSA) is 121 Å². The highest BCUT2D eigenvalue weighted by atomic mass is 35.5. The lowest BCUT2D eigenvalue weighted by molar-refractivity contribution is -0.165. The van der Waals surface area contributed by atoms with Crippen LogP contribution in [0.2, 0.25) is 5.02 Å². The molecule has 0 aliphatic carbocycles. The number of nitriles is 1. The number of ether oxygens (including phenoxy) is 3. The molecule has 0 bridgehead atoms. The van der Waals surface area contributed by atoms with Crippen LogP contribution in [-0.2, 0) is 43.3 Å². The minimum absolute atomic E-state index is 0.129. The second kappa shape index (κ2) is 15.4. The summed E-state index contributed by atoms with van der Waals surface area (Å²) in [6.07, 6.45) is 5.00. The molecule has 0 radical (unpaired) electrons. The summed E-state index contributed by atoms with van der Waals surface area (Å²) < 4.78 is 33.0. The monoisotopic (exact) mass is 743 g/mol. The molecule has 0 N–H and O–H groups in total. The van der Waals surface area contributed by atoms with E-state index in [2.05, 4.69) is 11.1 Å². The van der Waals surface area contributed by atoms with Gasteiger partial charge < -0.3 is 23.5 Å². The van der Waals surface area contributed by atoms with E-state index < -0.39 is 35.6 Å². The molecule has 5 rings (SSSR count). The summed E-state index contributed by atoms with van der Waals surface area (Å²) in [6, 6.07) is 12.9. The van der Waals surface area contributed by atoms with Gasteiger partial charge in [-0.1, -0.05) is 23.7 Å². The van der Waals surface area contributed by atoms with Crippen molar-refractivity contribution >= 4 is 41.1 Å². The van der Waals surface area contributed by atoms with E-state index in [0.717, 1.165) is 33.1 Å². The maximum Gasteiger partial charge on any atom is 0.495 e. The zero-order valence-electron chi connectivity index (χ0n) is 32.7. The summed E-state index contributed by atoms with van der Waals surface area (Å²) in [5.41, 5.74) is 2.42. The highest BCUT2D eigenvalue weighted by Gasteiger charge is 2.52. The number of halogens is 1. The zero-order chi connectivity index (χ0) is 38.9. The third-order valence-corrected chi connectivity index (χ3v) is 9.75. The normalized spacial score (nSPS) is 16.2. The first-order valence-electron chi connectivity index (χ1n) is 17.8. The average molecular weight is 744 g/mol. The molecule has 0 amide bonds. The van der Waals surface area contributed by atoms with Crippen LogP contribution in [0.3, 0.4) is 0 Å². The first-order chi connectivity index (χ1) is 24.7. The fourth-order valence-electron chi connectivity index (χ4n) is 5.85. The van der Waals surface area contributed by atoms with Gasteiger partial charge in [-0.2, -0.15) is 10.4 Å². The van der Waals surface area contributed by atoms with Gasteiger partial charge in [0.2, 0.25) is 0 Å². The van der Waals surface area contributed by atoms with Gasteiger partial charge in [0, 0.05) is 40.5 Å². The molecule has 0 spiro atoms. The van der Waals surface area contributed by atoms with Crippen molar-refractivity contribution in [2.75, 3.05) is 13.7 Å². The van der Waals surface area contributed by atoms with Crippen molar-refractivity contribution < 1.29 is 28.3 Å². The van der Waals surface area contributed by atoms with Gasteiger partial charge >= 0.3 is 13.1 Å². The molecular weight excluding hydrogens is 693 g/mol. The van der Waals surface area contributed by atoms with E-state index in [0.29, 0.717) is 29.4 Å². The van der Waals surface area contributed by atoms with E-state index in [1.165, 1.54) is 6.20 Å². The van der Waals surface area contributed by atoms with Crippen molar-refractivity contribution in [3.05, 3.63) is 82.3 Å². The van der Waals surface area contributed by atoms with Crippen LogP contribution < -0.4 is 10.2 Å². The molecule has 282 valence electrons. The Morgan fingerprint density at radius 1 is 1.02 bits per heavy atom. The highest BCUT2D eigenvalue weighted by Crippen LogP contribution is 2.37. The van der Waals surface area contributed by atoms with E-state index in [1.54, 1.807) is 12.3 Å². The number of nitrogens with zero attached hydrogens (tertiary/aromatic N) is 5. The third kappa shape index (κ3) is 9.77. The van der Waals surface area contributed by atoms with Crippen LogP contribution in [-0.4, -0.2) is 74.9 Å². The largest absolute Gasteiger partial charge is 0.495 e. The van der Waals surface area contributed by atoms with Gasteiger partial charge in [-0.25, -0.2) is 0 Å². The minimum atomic E-state index is -0.704. The molecular formula is C40H51BClN5O6. The number of benzene rings is 2. The standard InChI is InChI=1S/C40H51BClN5O6/c1-37(2,3)50-25-34(36(48)51-38(4,5)6)46(11)22-29-16-32(42)28(17-35(29)49-24-27-15-26(18-43)19-44-20-27)23-47-33-14-12-13-31(30(33)21-45-47)41-52-39(7,8)40(9,10)53-41/h12-17,19-21,34H,22-25H2,1-11H3/t34-/m0/s1. The summed E-state index contributed by atoms with van der Waals surface area (Å²) in [7, 11) is 1.31. The van der Waals surface area contributed by atoms with Crippen LogP contribution in [0, 0.1) is 11.3 Å². The lowest BCUT2D eigenvalue weighted by atomic mass is 9.77. The number of aromatic nitrogens is 3. The molecule has 1 saturated heterocycles. The van der Waals surface area contributed by atoms with Crippen LogP contribution in [0.4, 0.5) is 0 Å². The number of hydrogen-bond donors (Lipinski definition) is 0. The number of carbonyl (C=O) groups is 1. The highest BCUT2D eigenvalue weighted by molar-refractivity contribution is 6.65. The summed E-state index contributed by atoms with van der Waals surface area (Å²) in [6.45, 7) is 20.4.